The minimum atomic E-state index is -1.00. The van der Waals surface area contributed by atoms with E-state index in [2.05, 4.69) is 10.2 Å². The molecule has 0 bridgehead atoms. The number of ether oxygens (including phenoxy) is 1. The summed E-state index contributed by atoms with van der Waals surface area (Å²) in [7, 11) is 0. The Kier molecular flexibility index (Phi) is 7.31. The molecule has 1 N–H and O–H groups in total. The molecule has 2 aromatic heterocycles. The van der Waals surface area contributed by atoms with E-state index in [1.54, 1.807) is 36.4 Å². The molecular formula is C26H20ClN3O5S2. The second-order valence-electron chi connectivity index (χ2n) is 7.87. The number of carbonyl (C=O) groups excluding carboxylic acids is 2. The van der Waals surface area contributed by atoms with E-state index in [1.807, 2.05) is 31.2 Å². The van der Waals surface area contributed by atoms with E-state index in [0.29, 0.717) is 38.8 Å². The molecule has 0 aliphatic carbocycles. The van der Waals surface area contributed by atoms with E-state index in [9.17, 15) is 14.7 Å². The van der Waals surface area contributed by atoms with Crippen LogP contribution in [0.25, 0.3) is 5.76 Å². The summed E-state index contributed by atoms with van der Waals surface area (Å²) in [5.41, 5.74) is 1.22. The summed E-state index contributed by atoms with van der Waals surface area (Å²) in [6.45, 7) is 2.36. The lowest BCUT2D eigenvalue weighted by molar-refractivity contribution is -0.132. The van der Waals surface area contributed by atoms with E-state index in [4.69, 9.17) is 20.8 Å². The molecule has 11 heteroatoms. The molecule has 0 radical (unpaired) electrons. The molecule has 1 amide bonds. The second-order valence-corrected chi connectivity index (χ2v) is 10.5. The highest BCUT2D eigenvalue weighted by Crippen LogP contribution is 2.44. The molecule has 5 rings (SSSR count). The van der Waals surface area contributed by atoms with Gasteiger partial charge in [-0.25, -0.2) is 0 Å². The molecular weight excluding hydrogens is 534 g/mol. The lowest BCUT2D eigenvalue weighted by Gasteiger charge is -2.20. The maximum atomic E-state index is 13.2. The number of furan rings is 1. The molecule has 37 heavy (non-hydrogen) atoms. The zero-order valence-electron chi connectivity index (χ0n) is 19.5. The van der Waals surface area contributed by atoms with Gasteiger partial charge >= 0.3 is 5.91 Å². The van der Waals surface area contributed by atoms with Gasteiger partial charge in [0.1, 0.15) is 23.3 Å². The molecule has 188 valence electrons. The minimum Gasteiger partial charge on any atom is -0.507 e. The van der Waals surface area contributed by atoms with Gasteiger partial charge in [-0.1, -0.05) is 52.9 Å². The number of amides is 1. The van der Waals surface area contributed by atoms with Crippen LogP contribution < -0.4 is 9.64 Å². The van der Waals surface area contributed by atoms with E-state index in [1.165, 1.54) is 34.3 Å². The van der Waals surface area contributed by atoms with Gasteiger partial charge in [0.2, 0.25) is 5.13 Å². The van der Waals surface area contributed by atoms with Crippen molar-refractivity contribution >= 4 is 57.3 Å². The van der Waals surface area contributed by atoms with Gasteiger partial charge < -0.3 is 14.3 Å². The number of aliphatic hydroxyl groups excluding tert-OH is 1. The van der Waals surface area contributed by atoms with Gasteiger partial charge in [0.15, 0.2) is 4.34 Å². The lowest BCUT2D eigenvalue weighted by atomic mass is 9.99. The number of ketones is 1. The molecule has 3 heterocycles. The SMILES string of the molecule is CCOc1ccc(/C(O)=C2/C(=O)C(=O)N(c3nnc(SCc4ccccc4Cl)s3)C2c2ccco2)cc1. The van der Waals surface area contributed by atoms with Crippen LogP contribution in [0.5, 0.6) is 5.75 Å². The summed E-state index contributed by atoms with van der Waals surface area (Å²) >= 11 is 8.83. The molecule has 2 aromatic carbocycles. The summed E-state index contributed by atoms with van der Waals surface area (Å²) in [6, 6.07) is 16.4. The largest absolute Gasteiger partial charge is 0.507 e. The van der Waals surface area contributed by atoms with Crippen molar-refractivity contribution in [1.82, 2.24) is 10.2 Å². The van der Waals surface area contributed by atoms with Crippen LogP contribution in [0.2, 0.25) is 5.02 Å². The Bertz CT molecular complexity index is 1470. The summed E-state index contributed by atoms with van der Waals surface area (Å²) in [6.07, 6.45) is 1.44. The Balaban J connectivity index is 1.49. The van der Waals surface area contributed by atoms with Crippen molar-refractivity contribution in [2.45, 2.75) is 23.1 Å². The smallest absolute Gasteiger partial charge is 0.302 e. The van der Waals surface area contributed by atoms with Crippen molar-refractivity contribution in [2.24, 2.45) is 0 Å². The highest BCUT2D eigenvalue weighted by Gasteiger charge is 2.49. The van der Waals surface area contributed by atoms with Crippen LogP contribution in [-0.2, 0) is 15.3 Å². The van der Waals surface area contributed by atoms with Crippen molar-refractivity contribution < 1.29 is 23.8 Å². The molecule has 8 nitrogen and oxygen atoms in total. The third kappa shape index (κ3) is 5.00. The predicted molar refractivity (Wildman–Crippen MR) is 142 cm³/mol. The summed E-state index contributed by atoms with van der Waals surface area (Å²) in [4.78, 5) is 27.6. The van der Waals surface area contributed by atoms with Crippen molar-refractivity contribution in [3.63, 3.8) is 0 Å². The highest BCUT2D eigenvalue weighted by atomic mass is 35.5. The lowest BCUT2D eigenvalue weighted by Crippen LogP contribution is -2.29. The third-order valence-corrected chi connectivity index (χ3v) is 8.08. The first-order valence-corrected chi connectivity index (χ1v) is 13.4. The van der Waals surface area contributed by atoms with Crippen molar-refractivity contribution in [2.75, 3.05) is 11.5 Å². The number of thioether (sulfide) groups is 1. The topological polar surface area (TPSA) is 106 Å². The normalized spacial score (nSPS) is 16.9. The van der Waals surface area contributed by atoms with Crippen LogP contribution in [0, 0.1) is 0 Å². The third-order valence-electron chi connectivity index (χ3n) is 5.61. The van der Waals surface area contributed by atoms with Crippen LogP contribution in [0.4, 0.5) is 5.13 Å². The maximum Gasteiger partial charge on any atom is 0.302 e. The van der Waals surface area contributed by atoms with Crippen LogP contribution in [-0.4, -0.2) is 33.6 Å². The molecule has 4 aromatic rings. The Morgan fingerprint density at radius 2 is 1.92 bits per heavy atom. The number of benzene rings is 2. The standard InChI is InChI=1S/C26H20ClN3O5S2/c1-2-34-17-11-9-15(10-12-17)22(31)20-21(19-8-5-13-35-19)30(24(33)23(20)32)25-28-29-26(37-25)36-14-16-6-3-4-7-18(16)27/h3-13,21,31H,2,14H2,1H3/b22-20-. The van der Waals surface area contributed by atoms with Crippen LogP contribution in [0.3, 0.4) is 0 Å². The number of nitrogens with zero attached hydrogens (tertiary/aromatic N) is 3. The summed E-state index contributed by atoms with van der Waals surface area (Å²) in [5.74, 6) is -0.485. The molecule has 1 saturated heterocycles. The minimum absolute atomic E-state index is 0.0930. The zero-order valence-corrected chi connectivity index (χ0v) is 21.8. The molecule has 1 unspecified atom stereocenters. The highest BCUT2D eigenvalue weighted by molar-refractivity contribution is 8.00. The van der Waals surface area contributed by atoms with Gasteiger partial charge in [-0.15, -0.1) is 10.2 Å². The number of carbonyl (C=O) groups is 2. The average molecular weight is 554 g/mol. The van der Waals surface area contributed by atoms with E-state index in [0.717, 1.165) is 5.56 Å². The zero-order chi connectivity index (χ0) is 25.9. The van der Waals surface area contributed by atoms with Gasteiger partial charge in [-0.2, -0.15) is 0 Å². The first kappa shape index (κ1) is 25.1. The van der Waals surface area contributed by atoms with Crippen LogP contribution >= 0.6 is 34.7 Å². The molecule has 0 saturated carbocycles. The molecule has 1 fully saturated rings. The Morgan fingerprint density at radius 3 is 2.62 bits per heavy atom. The van der Waals surface area contributed by atoms with Gasteiger partial charge in [0.05, 0.1) is 18.4 Å². The maximum absolute atomic E-state index is 13.2. The number of hydrogen-bond acceptors (Lipinski definition) is 9. The fourth-order valence-electron chi connectivity index (χ4n) is 3.89. The van der Waals surface area contributed by atoms with Crippen LogP contribution in [0.1, 0.15) is 29.9 Å². The summed E-state index contributed by atoms with van der Waals surface area (Å²) < 4.78 is 11.6. The van der Waals surface area contributed by atoms with Crippen molar-refractivity contribution in [3.8, 4) is 5.75 Å². The van der Waals surface area contributed by atoms with Gasteiger partial charge in [0, 0.05) is 16.3 Å². The van der Waals surface area contributed by atoms with E-state index < -0.39 is 17.7 Å². The fourth-order valence-corrected chi connectivity index (χ4v) is 6.04. The first-order valence-electron chi connectivity index (χ1n) is 11.2. The average Bonchev–Trinajstić information content (AvgIpc) is 3.65. The fraction of sp³-hybridized carbons (Fsp3) is 0.154. The number of rotatable bonds is 8. The van der Waals surface area contributed by atoms with Crippen molar-refractivity contribution in [3.05, 3.63) is 94.4 Å². The van der Waals surface area contributed by atoms with E-state index >= 15 is 0 Å². The van der Waals surface area contributed by atoms with Gasteiger partial charge in [-0.05, 0) is 55.0 Å². The van der Waals surface area contributed by atoms with Gasteiger partial charge in [0.25, 0.3) is 5.78 Å². The number of halogens is 1. The molecule has 1 aliphatic heterocycles. The molecule has 1 atom stereocenters. The van der Waals surface area contributed by atoms with E-state index in [-0.39, 0.29) is 16.5 Å². The Hall–Kier alpha value is -3.60. The second kappa shape index (κ2) is 10.8. The number of anilines is 1. The number of Topliss-reactive ketones (excluding diaryl/α,β-unsaturated/α-hetero) is 1. The van der Waals surface area contributed by atoms with Crippen molar-refractivity contribution in [1.29, 1.82) is 0 Å². The first-order chi connectivity index (χ1) is 18.0. The molecule has 0 spiro atoms. The van der Waals surface area contributed by atoms with Gasteiger partial charge in [-0.3, -0.25) is 14.5 Å². The van der Waals surface area contributed by atoms with Crippen LogP contribution in [0.15, 0.2) is 81.3 Å². The monoisotopic (exact) mass is 553 g/mol. The molecule has 1 aliphatic rings. The Labute approximate surface area is 225 Å². The number of aliphatic hydroxyl groups is 1. The quantitative estimate of drug-likeness (QED) is 0.0917. The Morgan fingerprint density at radius 1 is 1.14 bits per heavy atom. The summed E-state index contributed by atoms with van der Waals surface area (Å²) in [5, 5.41) is 20.4. The number of hydrogen-bond donors (Lipinski definition) is 1. The predicted octanol–water partition coefficient (Wildman–Crippen LogP) is 6.10. The number of aromatic nitrogens is 2.